The lowest BCUT2D eigenvalue weighted by Crippen LogP contribution is -2.21. The highest BCUT2D eigenvalue weighted by Gasteiger charge is 2.11. The quantitative estimate of drug-likeness (QED) is 0.825. The SMILES string of the molecule is CC(=O)Nc1ccc(OCCC(C)(C)O)cc1. The summed E-state index contributed by atoms with van der Waals surface area (Å²) in [5.41, 5.74) is 0.0307. The summed E-state index contributed by atoms with van der Waals surface area (Å²) in [6.07, 6.45) is 0.570. The van der Waals surface area contributed by atoms with Crippen LogP contribution in [-0.2, 0) is 4.79 Å². The van der Waals surface area contributed by atoms with Crippen molar-refractivity contribution >= 4 is 11.6 Å². The van der Waals surface area contributed by atoms with Crippen LogP contribution in [0.5, 0.6) is 5.75 Å². The standard InChI is InChI=1S/C13H19NO3/c1-10(15)14-11-4-6-12(7-5-11)17-9-8-13(2,3)16/h4-7,16H,8-9H2,1-3H3,(H,14,15). The number of amides is 1. The van der Waals surface area contributed by atoms with Gasteiger partial charge < -0.3 is 15.2 Å². The molecule has 1 rings (SSSR count). The fourth-order valence-electron chi connectivity index (χ4n) is 1.26. The highest BCUT2D eigenvalue weighted by molar-refractivity contribution is 5.88. The van der Waals surface area contributed by atoms with Gasteiger partial charge in [0.05, 0.1) is 12.2 Å². The van der Waals surface area contributed by atoms with Gasteiger partial charge >= 0.3 is 0 Å². The molecule has 17 heavy (non-hydrogen) atoms. The normalized spacial score (nSPS) is 11.1. The lowest BCUT2D eigenvalue weighted by Gasteiger charge is -2.17. The lowest BCUT2D eigenvalue weighted by atomic mass is 10.1. The Morgan fingerprint density at radius 1 is 1.35 bits per heavy atom. The Morgan fingerprint density at radius 3 is 2.41 bits per heavy atom. The summed E-state index contributed by atoms with van der Waals surface area (Å²) in [6, 6.07) is 7.13. The minimum Gasteiger partial charge on any atom is -0.493 e. The van der Waals surface area contributed by atoms with Crippen LogP contribution in [0.1, 0.15) is 27.2 Å². The zero-order chi connectivity index (χ0) is 12.9. The Morgan fingerprint density at radius 2 is 1.94 bits per heavy atom. The van der Waals surface area contributed by atoms with E-state index < -0.39 is 5.60 Å². The van der Waals surface area contributed by atoms with E-state index in [2.05, 4.69) is 5.32 Å². The van der Waals surface area contributed by atoms with Crippen molar-refractivity contribution in [1.29, 1.82) is 0 Å². The third kappa shape index (κ3) is 5.92. The molecule has 0 radical (unpaired) electrons. The largest absolute Gasteiger partial charge is 0.493 e. The summed E-state index contributed by atoms with van der Waals surface area (Å²) in [5.74, 6) is 0.629. The molecule has 0 unspecified atom stereocenters. The highest BCUT2D eigenvalue weighted by Crippen LogP contribution is 2.16. The summed E-state index contributed by atoms with van der Waals surface area (Å²) in [4.78, 5) is 10.8. The molecule has 4 nitrogen and oxygen atoms in total. The van der Waals surface area contributed by atoms with Gasteiger partial charge in [-0.05, 0) is 38.1 Å². The highest BCUT2D eigenvalue weighted by atomic mass is 16.5. The fraction of sp³-hybridized carbons (Fsp3) is 0.462. The van der Waals surface area contributed by atoms with E-state index in [1.165, 1.54) is 6.92 Å². The molecule has 94 valence electrons. The Hall–Kier alpha value is -1.55. The lowest BCUT2D eigenvalue weighted by molar-refractivity contribution is -0.114. The zero-order valence-electron chi connectivity index (χ0n) is 10.5. The number of ether oxygens (including phenoxy) is 1. The average molecular weight is 237 g/mol. The van der Waals surface area contributed by atoms with Gasteiger partial charge in [-0.2, -0.15) is 0 Å². The molecular weight excluding hydrogens is 218 g/mol. The monoisotopic (exact) mass is 237 g/mol. The number of aliphatic hydroxyl groups is 1. The van der Waals surface area contributed by atoms with E-state index in [0.717, 1.165) is 11.4 Å². The minimum absolute atomic E-state index is 0.0966. The van der Waals surface area contributed by atoms with Crippen LogP contribution in [0, 0.1) is 0 Å². The second-order valence-electron chi connectivity index (χ2n) is 4.62. The summed E-state index contributed by atoms with van der Waals surface area (Å²) >= 11 is 0. The number of rotatable bonds is 5. The van der Waals surface area contributed by atoms with Crippen LogP contribution < -0.4 is 10.1 Å². The first-order valence-electron chi connectivity index (χ1n) is 5.60. The Bertz CT molecular complexity index is 365. The number of benzene rings is 1. The number of carbonyl (C=O) groups excluding carboxylic acids is 1. The smallest absolute Gasteiger partial charge is 0.221 e. The Labute approximate surface area is 102 Å². The summed E-state index contributed by atoms with van der Waals surface area (Å²) in [5, 5.41) is 12.2. The topological polar surface area (TPSA) is 58.6 Å². The summed E-state index contributed by atoms with van der Waals surface area (Å²) in [6.45, 7) is 5.42. The molecule has 0 aromatic heterocycles. The number of hydrogen-bond donors (Lipinski definition) is 2. The predicted octanol–water partition coefficient (Wildman–Crippen LogP) is 2.18. The van der Waals surface area contributed by atoms with Crippen LogP contribution in [0.25, 0.3) is 0 Å². The van der Waals surface area contributed by atoms with Gasteiger partial charge in [0.2, 0.25) is 5.91 Å². The Kier molecular flexibility index (Phi) is 4.52. The van der Waals surface area contributed by atoms with Crippen molar-refractivity contribution in [3.63, 3.8) is 0 Å². The molecule has 0 atom stereocenters. The first kappa shape index (κ1) is 13.5. The van der Waals surface area contributed by atoms with E-state index in [1.54, 1.807) is 38.1 Å². The average Bonchev–Trinajstić information content (AvgIpc) is 2.18. The molecule has 4 heteroatoms. The van der Waals surface area contributed by atoms with Crippen molar-refractivity contribution in [3.8, 4) is 5.75 Å². The zero-order valence-corrected chi connectivity index (χ0v) is 10.5. The van der Waals surface area contributed by atoms with Crippen LogP contribution in [0.15, 0.2) is 24.3 Å². The van der Waals surface area contributed by atoms with Crippen molar-refractivity contribution in [2.75, 3.05) is 11.9 Å². The molecule has 2 N–H and O–H groups in total. The minimum atomic E-state index is -0.712. The van der Waals surface area contributed by atoms with Crippen LogP contribution in [0.2, 0.25) is 0 Å². The molecule has 1 amide bonds. The molecule has 1 aromatic rings. The van der Waals surface area contributed by atoms with E-state index in [1.807, 2.05) is 0 Å². The van der Waals surface area contributed by atoms with Gasteiger partial charge in [-0.1, -0.05) is 0 Å². The second kappa shape index (κ2) is 5.68. The van der Waals surface area contributed by atoms with Crippen LogP contribution in [-0.4, -0.2) is 23.2 Å². The molecular formula is C13H19NO3. The number of anilines is 1. The van der Waals surface area contributed by atoms with Gasteiger partial charge in [0.25, 0.3) is 0 Å². The second-order valence-corrected chi connectivity index (χ2v) is 4.62. The molecule has 0 spiro atoms. The van der Waals surface area contributed by atoms with Crippen LogP contribution in [0.4, 0.5) is 5.69 Å². The molecule has 0 aliphatic heterocycles. The van der Waals surface area contributed by atoms with Gasteiger partial charge in [0, 0.05) is 19.0 Å². The molecule has 0 heterocycles. The number of carbonyl (C=O) groups is 1. The molecule has 0 saturated heterocycles. The van der Waals surface area contributed by atoms with Crippen molar-refractivity contribution < 1.29 is 14.6 Å². The van der Waals surface area contributed by atoms with Crippen molar-refractivity contribution in [2.45, 2.75) is 32.8 Å². The summed E-state index contributed by atoms with van der Waals surface area (Å²) < 4.78 is 5.47. The van der Waals surface area contributed by atoms with Gasteiger partial charge in [-0.3, -0.25) is 4.79 Å². The molecule has 0 fully saturated rings. The van der Waals surface area contributed by atoms with E-state index in [0.29, 0.717) is 13.0 Å². The maximum atomic E-state index is 10.8. The predicted molar refractivity (Wildman–Crippen MR) is 67.2 cm³/mol. The first-order chi connectivity index (χ1) is 7.87. The first-order valence-corrected chi connectivity index (χ1v) is 5.60. The van der Waals surface area contributed by atoms with E-state index in [-0.39, 0.29) is 5.91 Å². The molecule has 0 bridgehead atoms. The van der Waals surface area contributed by atoms with Crippen molar-refractivity contribution in [2.24, 2.45) is 0 Å². The maximum absolute atomic E-state index is 10.8. The third-order valence-corrected chi connectivity index (χ3v) is 2.16. The number of hydrogen-bond acceptors (Lipinski definition) is 3. The van der Waals surface area contributed by atoms with Crippen LogP contribution >= 0.6 is 0 Å². The maximum Gasteiger partial charge on any atom is 0.221 e. The van der Waals surface area contributed by atoms with E-state index >= 15 is 0 Å². The number of nitrogens with one attached hydrogen (secondary N) is 1. The molecule has 1 aromatic carbocycles. The van der Waals surface area contributed by atoms with Crippen molar-refractivity contribution in [1.82, 2.24) is 0 Å². The molecule has 0 aliphatic rings. The van der Waals surface area contributed by atoms with Gasteiger partial charge in [-0.15, -0.1) is 0 Å². The van der Waals surface area contributed by atoms with Gasteiger partial charge in [0.1, 0.15) is 5.75 Å². The van der Waals surface area contributed by atoms with Crippen molar-refractivity contribution in [3.05, 3.63) is 24.3 Å². The van der Waals surface area contributed by atoms with E-state index in [9.17, 15) is 9.90 Å². The van der Waals surface area contributed by atoms with E-state index in [4.69, 9.17) is 4.74 Å². The summed E-state index contributed by atoms with van der Waals surface area (Å²) in [7, 11) is 0. The fourth-order valence-corrected chi connectivity index (χ4v) is 1.26. The third-order valence-electron chi connectivity index (χ3n) is 2.16. The Balaban J connectivity index is 2.43. The van der Waals surface area contributed by atoms with Crippen LogP contribution in [0.3, 0.4) is 0 Å². The van der Waals surface area contributed by atoms with Gasteiger partial charge in [0.15, 0.2) is 0 Å². The molecule has 0 saturated carbocycles. The van der Waals surface area contributed by atoms with Gasteiger partial charge in [-0.25, -0.2) is 0 Å². The molecule has 0 aliphatic carbocycles.